The van der Waals surface area contributed by atoms with Crippen molar-refractivity contribution in [1.82, 2.24) is 24.6 Å². The fourth-order valence-corrected chi connectivity index (χ4v) is 4.87. The molecule has 5 atom stereocenters. The highest BCUT2D eigenvalue weighted by Gasteiger charge is 2.35. The van der Waals surface area contributed by atoms with Gasteiger partial charge in [0.1, 0.15) is 12.8 Å². The highest BCUT2D eigenvalue weighted by atomic mass is 31.2. The summed E-state index contributed by atoms with van der Waals surface area (Å²) < 4.78 is 36.2. The molecule has 1 saturated heterocycles. The summed E-state index contributed by atoms with van der Waals surface area (Å²) in [5.74, 6) is -0.113. The largest absolute Gasteiger partial charge is 0.476 e. The molecule has 1 fully saturated rings. The minimum absolute atomic E-state index is 0.0116. The maximum Gasteiger partial charge on any atom is 0.403 e. The Morgan fingerprint density at radius 2 is 2.14 bits per heavy atom. The Kier molecular flexibility index (Phi) is 9.05. The second-order valence-corrected chi connectivity index (χ2v) is 10.5. The van der Waals surface area contributed by atoms with E-state index in [2.05, 4.69) is 20.0 Å². The van der Waals surface area contributed by atoms with Crippen molar-refractivity contribution in [2.45, 2.75) is 65.8 Å². The van der Waals surface area contributed by atoms with Crippen LogP contribution in [0.2, 0.25) is 0 Å². The Bertz CT molecular complexity index is 1060. The molecule has 0 aliphatic carbocycles. The summed E-state index contributed by atoms with van der Waals surface area (Å²) in [5, 5.41) is 2.48. The van der Waals surface area contributed by atoms with Crippen molar-refractivity contribution in [2.75, 3.05) is 25.6 Å². The Balaban J connectivity index is 1.53. The number of imidazole rings is 1. The van der Waals surface area contributed by atoms with Gasteiger partial charge in [-0.2, -0.15) is 9.97 Å². The lowest BCUT2D eigenvalue weighted by Crippen LogP contribution is -2.31. The van der Waals surface area contributed by atoms with Crippen molar-refractivity contribution in [2.24, 2.45) is 11.8 Å². The van der Waals surface area contributed by atoms with Crippen LogP contribution in [0.15, 0.2) is 6.33 Å². The zero-order valence-electron chi connectivity index (χ0n) is 20.7. The molecule has 3 rings (SSSR count). The molecule has 1 aliphatic heterocycles. The number of carbonyl (C=O) groups is 1. The molecule has 0 spiro atoms. The first-order valence-electron chi connectivity index (χ1n) is 11.7. The molecule has 2 aromatic rings. The summed E-state index contributed by atoms with van der Waals surface area (Å²) in [6.45, 7) is 9.35. The number of nitrogens with one attached hydrogen (secondary N) is 1. The highest BCUT2D eigenvalue weighted by molar-refractivity contribution is 7.50. The lowest BCUT2D eigenvalue weighted by Gasteiger charge is -2.20. The predicted octanol–water partition coefficient (Wildman–Crippen LogP) is 2.42. The van der Waals surface area contributed by atoms with Crippen molar-refractivity contribution in [3.8, 4) is 5.88 Å². The number of ether oxygens (including phenoxy) is 3. The normalized spacial score (nSPS) is 22.9. The number of nitrogen functional groups attached to an aromatic ring is 1. The fourth-order valence-electron chi connectivity index (χ4n) is 3.81. The number of esters is 1. The molecule has 0 aromatic carbocycles. The molecule has 4 N–H and O–H groups in total. The van der Waals surface area contributed by atoms with E-state index in [-0.39, 0.29) is 49.3 Å². The molecule has 13 nitrogen and oxygen atoms in total. The molecule has 0 bridgehead atoms. The van der Waals surface area contributed by atoms with Gasteiger partial charge in [0.25, 0.3) is 0 Å². The van der Waals surface area contributed by atoms with Crippen molar-refractivity contribution >= 4 is 30.8 Å². The average molecular weight is 515 g/mol. The van der Waals surface area contributed by atoms with Gasteiger partial charge in [0.15, 0.2) is 11.2 Å². The van der Waals surface area contributed by atoms with Gasteiger partial charge in [-0.25, -0.2) is 14.6 Å². The van der Waals surface area contributed by atoms with E-state index >= 15 is 0 Å². The topological polar surface area (TPSA) is 173 Å². The van der Waals surface area contributed by atoms with Gasteiger partial charge in [0.05, 0.1) is 31.6 Å². The fraction of sp³-hybridized carbons (Fsp3) is 0.714. The highest BCUT2D eigenvalue weighted by Crippen LogP contribution is 2.40. The van der Waals surface area contributed by atoms with Crippen molar-refractivity contribution in [1.29, 1.82) is 0 Å². The summed E-state index contributed by atoms with van der Waals surface area (Å²) in [6.07, 6.45) is 2.22. The van der Waals surface area contributed by atoms with E-state index in [1.54, 1.807) is 31.7 Å². The summed E-state index contributed by atoms with van der Waals surface area (Å²) in [5.41, 5.74) is 6.87. The average Bonchev–Trinajstić information content (AvgIpc) is 3.34. The monoisotopic (exact) mass is 514 g/mol. The predicted molar refractivity (Wildman–Crippen MR) is 127 cm³/mol. The van der Waals surface area contributed by atoms with E-state index in [1.807, 2.05) is 13.8 Å². The molecular formula is C21H35N6O7P. The van der Waals surface area contributed by atoms with Gasteiger partial charge in [-0.15, -0.1) is 0 Å². The van der Waals surface area contributed by atoms with Crippen LogP contribution >= 0.6 is 7.75 Å². The maximum absolute atomic E-state index is 12.3. The quantitative estimate of drug-likeness (QED) is 0.279. The number of hydrogen-bond acceptors (Lipinski definition) is 10. The van der Waals surface area contributed by atoms with Crippen LogP contribution in [0.3, 0.4) is 0 Å². The smallest absolute Gasteiger partial charge is 0.403 e. The van der Waals surface area contributed by atoms with Gasteiger partial charge in [0.2, 0.25) is 11.8 Å². The molecule has 1 unspecified atom stereocenters. The first kappa shape index (κ1) is 27.3. The Labute approximate surface area is 204 Å². The summed E-state index contributed by atoms with van der Waals surface area (Å²) in [7, 11) is -4.07. The van der Waals surface area contributed by atoms with Gasteiger partial charge >= 0.3 is 13.7 Å². The molecule has 3 heterocycles. The van der Waals surface area contributed by atoms with Gasteiger partial charge in [-0.1, -0.05) is 20.8 Å². The number of anilines is 1. The first-order chi connectivity index (χ1) is 16.5. The standard InChI is InChI=1S/C21H35N6O7P/c1-6-31-18-16-17(24-21(22)25-18)27(11-23-16)19-13(4)9-15(34-19)7-8-33-35(29,30)26-14(5)10-32-20(28)12(2)3/h11-15,19H,6-10H2,1-5H3,(H2,22,24,25)(H2,26,29,30)/t13-,14-,15+,19+/m0/s1. The minimum Gasteiger partial charge on any atom is -0.476 e. The third kappa shape index (κ3) is 7.11. The van der Waals surface area contributed by atoms with E-state index in [9.17, 15) is 14.3 Å². The van der Waals surface area contributed by atoms with Gasteiger partial charge in [-0.05, 0) is 26.7 Å². The van der Waals surface area contributed by atoms with E-state index < -0.39 is 13.8 Å². The van der Waals surface area contributed by atoms with Crippen LogP contribution in [0.5, 0.6) is 5.88 Å². The van der Waals surface area contributed by atoms with E-state index in [4.69, 9.17) is 24.5 Å². The Morgan fingerprint density at radius 1 is 1.40 bits per heavy atom. The third-order valence-electron chi connectivity index (χ3n) is 5.45. The number of nitrogens with two attached hydrogens (primary N) is 1. The lowest BCUT2D eigenvalue weighted by molar-refractivity contribution is -0.147. The SMILES string of the molecule is CCOc1nc(N)nc2c1ncn2[C@@H]1O[C@H](CCOP(=O)(O)N[C@@H](C)COC(=O)C(C)C)C[C@@H]1C. The van der Waals surface area contributed by atoms with Crippen LogP contribution < -0.4 is 15.6 Å². The van der Waals surface area contributed by atoms with E-state index in [0.29, 0.717) is 30.1 Å². The number of fused-ring (bicyclic) bond motifs is 1. The molecular weight excluding hydrogens is 479 g/mol. The second-order valence-electron chi connectivity index (χ2n) is 8.96. The third-order valence-corrected chi connectivity index (χ3v) is 6.75. The van der Waals surface area contributed by atoms with Crippen molar-refractivity contribution in [3.05, 3.63) is 6.33 Å². The minimum atomic E-state index is -4.07. The van der Waals surface area contributed by atoms with Crippen molar-refractivity contribution < 1.29 is 33.0 Å². The zero-order chi connectivity index (χ0) is 25.8. The molecule has 196 valence electrons. The number of aromatic nitrogens is 4. The summed E-state index contributed by atoms with van der Waals surface area (Å²) in [6, 6.07) is -0.550. The molecule has 2 aromatic heterocycles. The molecule has 14 heteroatoms. The maximum atomic E-state index is 12.3. The Morgan fingerprint density at radius 3 is 2.83 bits per heavy atom. The van der Waals surface area contributed by atoms with E-state index in [0.717, 1.165) is 6.42 Å². The molecule has 35 heavy (non-hydrogen) atoms. The molecule has 0 saturated carbocycles. The summed E-state index contributed by atoms with van der Waals surface area (Å²) in [4.78, 5) is 34.4. The van der Waals surface area contributed by atoms with Crippen LogP contribution in [0.25, 0.3) is 11.2 Å². The number of hydrogen-bond donors (Lipinski definition) is 3. The van der Waals surface area contributed by atoms with Crippen molar-refractivity contribution in [3.63, 3.8) is 0 Å². The van der Waals surface area contributed by atoms with Crippen LogP contribution in [-0.2, 0) is 23.4 Å². The summed E-state index contributed by atoms with van der Waals surface area (Å²) >= 11 is 0. The van der Waals surface area contributed by atoms with Crippen LogP contribution in [0.1, 0.15) is 53.7 Å². The number of rotatable bonds is 12. The van der Waals surface area contributed by atoms with Crippen LogP contribution in [-0.4, -0.2) is 62.3 Å². The van der Waals surface area contributed by atoms with Gasteiger partial charge in [-0.3, -0.25) is 13.9 Å². The zero-order valence-corrected chi connectivity index (χ0v) is 21.6. The second kappa shape index (κ2) is 11.6. The lowest BCUT2D eigenvalue weighted by atomic mass is 10.0. The molecule has 0 radical (unpaired) electrons. The van der Waals surface area contributed by atoms with E-state index in [1.165, 1.54) is 0 Å². The number of nitrogens with zero attached hydrogens (tertiary/aromatic N) is 4. The Hall–Kier alpha value is -2.31. The first-order valence-corrected chi connectivity index (χ1v) is 13.3. The molecule has 0 amide bonds. The number of carbonyl (C=O) groups excluding carboxylic acids is 1. The van der Waals surface area contributed by atoms with Gasteiger partial charge in [0, 0.05) is 12.0 Å². The molecule has 1 aliphatic rings. The van der Waals surface area contributed by atoms with Gasteiger partial charge < -0.3 is 24.8 Å². The van der Waals surface area contributed by atoms with Crippen LogP contribution in [0, 0.1) is 11.8 Å². The van der Waals surface area contributed by atoms with Crippen LogP contribution in [0.4, 0.5) is 5.95 Å².